The molecule has 0 saturated carbocycles. The van der Waals surface area contributed by atoms with Crippen molar-refractivity contribution < 1.29 is 40.6 Å². The minimum Gasteiger partial charge on any atom is -0.409 e. The zero-order valence-corrected chi connectivity index (χ0v) is 22.6. The van der Waals surface area contributed by atoms with Crippen LogP contribution < -0.4 is 9.47 Å². The van der Waals surface area contributed by atoms with E-state index in [2.05, 4.69) is 6.58 Å². The molecule has 0 N–H and O–H groups in total. The highest BCUT2D eigenvalue weighted by Crippen LogP contribution is 2.16. The van der Waals surface area contributed by atoms with Crippen LogP contribution in [0, 0.1) is 13.8 Å². The predicted octanol–water partition coefficient (Wildman–Crippen LogP) is 3.63. The molecule has 0 fully saturated rings. The second-order valence-electron chi connectivity index (χ2n) is 7.63. The summed E-state index contributed by atoms with van der Waals surface area (Å²) in [5, 5.41) is 0. The van der Waals surface area contributed by atoms with E-state index in [0.717, 1.165) is 19.7 Å². The second-order valence-corrected chi connectivity index (χ2v) is 10.0. The van der Waals surface area contributed by atoms with Crippen molar-refractivity contribution in [2.24, 2.45) is 0 Å². The standard InChI is InChI=1S/C24H30N2O9S2/c1-6-13-31-16-22(35-37(30)26(5)24(28)34-21-12-8-10-19(3)15-21)17-32-36(29)25(4)23(27)33-20-11-7-9-18(2)14-20/h6-12,14-15,22H,1,13,16-17H2,2-5H3. The Kier molecular flexibility index (Phi) is 12.4. The van der Waals surface area contributed by atoms with Crippen LogP contribution in [0.25, 0.3) is 0 Å². The van der Waals surface area contributed by atoms with Crippen LogP contribution in [0.3, 0.4) is 0 Å². The average molecular weight is 555 g/mol. The lowest BCUT2D eigenvalue weighted by molar-refractivity contribution is 0.0424. The predicted molar refractivity (Wildman–Crippen MR) is 138 cm³/mol. The van der Waals surface area contributed by atoms with E-state index in [-0.39, 0.29) is 24.7 Å². The summed E-state index contributed by atoms with van der Waals surface area (Å²) in [7, 11) is 2.45. The van der Waals surface area contributed by atoms with Crippen molar-refractivity contribution >= 4 is 34.7 Å². The van der Waals surface area contributed by atoms with Crippen LogP contribution >= 0.6 is 0 Å². The van der Waals surface area contributed by atoms with Gasteiger partial charge in [0, 0.05) is 14.1 Å². The van der Waals surface area contributed by atoms with Crippen molar-refractivity contribution in [3.63, 3.8) is 0 Å². The Labute approximate surface area is 221 Å². The fraction of sp³-hybridized carbons (Fsp3) is 0.333. The summed E-state index contributed by atoms with van der Waals surface area (Å²) < 4.78 is 52.9. The van der Waals surface area contributed by atoms with Gasteiger partial charge in [0.05, 0.1) is 19.8 Å². The quantitative estimate of drug-likeness (QED) is 0.270. The highest BCUT2D eigenvalue weighted by atomic mass is 32.2. The van der Waals surface area contributed by atoms with Crippen molar-refractivity contribution in [2.75, 3.05) is 33.9 Å². The lowest BCUT2D eigenvalue weighted by Crippen LogP contribution is -2.38. The largest absolute Gasteiger partial charge is 0.428 e. The summed E-state index contributed by atoms with van der Waals surface area (Å²) in [6.45, 7) is 6.84. The number of hydrogen-bond donors (Lipinski definition) is 0. The van der Waals surface area contributed by atoms with Crippen LogP contribution in [0.2, 0.25) is 0 Å². The first-order chi connectivity index (χ1) is 17.6. The monoisotopic (exact) mass is 554 g/mol. The van der Waals surface area contributed by atoms with E-state index < -0.39 is 47.4 Å². The Hall–Kier alpha value is -3.10. The number of benzene rings is 2. The Balaban J connectivity index is 1.93. The summed E-state index contributed by atoms with van der Waals surface area (Å²) in [4.78, 5) is 24.6. The molecule has 0 aromatic heterocycles. The molecule has 0 aliphatic heterocycles. The van der Waals surface area contributed by atoms with Gasteiger partial charge in [0.15, 0.2) is 0 Å². The van der Waals surface area contributed by atoms with Gasteiger partial charge in [-0.3, -0.25) is 8.37 Å². The Morgan fingerprint density at radius 3 is 1.89 bits per heavy atom. The molecule has 3 atom stereocenters. The van der Waals surface area contributed by atoms with Gasteiger partial charge in [-0.1, -0.05) is 30.3 Å². The van der Waals surface area contributed by atoms with Gasteiger partial charge >= 0.3 is 12.2 Å². The first-order valence-corrected chi connectivity index (χ1v) is 13.0. The minimum atomic E-state index is -2.30. The molecule has 0 radical (unpaired) electrons. The van der Waals surface area contributed by atoms with E-state index >= 15 is 0 Å². The van der Waals surface area contributed by atoms with E-state index in [9.17, 15) is 18.0 Å². The van der Waals surface area contributed by atoms with Gasteiger partial charge in [-0.15, -0.1) is 6.58 Å². The average Bonchev–Trinajstić information content (AvgIpc) is 2.86. The molecule has 0 spiro atoms. The molecular formula is C24H30N2O9S2. The Bertz CT molecular complexity index is 1130. The fourth-order valence-corrected chi connectivity index (χ4v) is 3.81. The number of carbonyl (C=O) groups is 2. The fourth-order valence-electron chi connectivity index (χ4n) is 2.59. The topological polar surface area (TPSA) is 121 Å². The van der Waals surface area contributed by atoms with Gasteiger partial charge in [-0.05, 0) is 49.2 Å². The smallest absolute Gasteiger partial charge is 0.409 e. The third kappa shape index (κ3) is 10.4. The lowest BCUT2D eigenvalue weighted by Gasteiger charge is -2.21. The zero-order chi connectivity index (χ0) is 27.4. The summed E-state index contributed by atoms with van der Waals surface area (Å²) in [5.74, 6) is 0.558. The van der Waals surface area contributed by atoms with Crippen molar-refractivity contribution in [1.82, 2.24) is 8.61 Å². The third-order valence-corrected chi connectivity index (χ3v) is 6.43. The molecule has 37 heavy (non-hydrogen) atoms. The normalized spacial score (nSPS) is 13.2. The molecule has 0 saturated heterocycles. The number of aryl methyl sites for hydroxylation is 2. The van der Waals surface area contributed by atoms with E-state index in [0.29, 0.717) is 0 Å². The number of ether oxygens (including phenoxy) is 3. The zero-order valence-electron chi connectivity index (χ0n) is 21.0. The molecule has 2 aromatic carbocycles. The molecule has 2 rings (SSSR count). The molecule has 13 heteroatoms. The molecule has 2 aromatic rings. The molecule has 3 unspecified atom stereocenters. The lowest BCUT2D eigenvalue weighted by atomic mass is 10.2. The van der Waals surface area contributed by atoms with E-state index in [1.54, 1.807) is 36.4 Å². The van der Waals surface area contributed by atoms with Crippen LogP contribution in [0.1, 0.15) is 11.1 Å². The maximum Gasteiger partial charge on any atom is 0.428 e. The van der Waals surface area contributed by atoms with E-state index in [1.807, 2.05) is 26.0 Å². The number of carbonyl (C=O) groups excluding carboxylic acids is 2. The van der Waals surface area contributed by atoms with Crippen LogP contribution in [-0.2, 0) is 35.6 Å². The first kappa shape index (κ1) is 30.1. The summed E-state index contributed by atoms with van der Waals surface area (Å²) in [6, 6.07) is 13.5. The summed E-state index contributed by atoms with van der Waals surface area (Å²) in [6.07, 6.45) is -1.36. The summed E-state index contributed by atoms with van der Waals surface area (Å²) in [5.41, 5.74) is 1.76. The molecule has 0 aliphatic rings. The van der Waals surface area contributed by atoms with Crippen molar-refractivity contribution in [1.29, 1.82) is 0 Å². The molecule has 11 nitrogen and oxygen atoms in total. The molecule has 202 valence electrons. The third-order valence-electron chi connectivity index (χ3n) is 4.46. The van der Waals surface area contributed by atoms with Crippen LogP contribution in [0.4, 0.5) is 9.59 Å². The molecule has 2 amide bonds. The number of hydrogen-bond acceptors (Lipinski definition) is 9. The molecule has 0 aliphatic carbocycles. The minimum absolute atomic E-state index is 0.132. The van der Waals surface area contributed by atoms with Gasteiger partial charge in [0.1, 0.15) is 17.6 Å². The number of nitrogens with zero attached hydrogens (tertiary/aromatic N) is 2. The number of rotatable bonds is 13. The van der Waals surface area contributed by atoms with Gasteiger partial charge in [-0.2, -0.15) is 0 Å². The molecule has 0 bridgehead atoms. The maximum absolute atomic E-state index is 12.6. The SMILES string of the molecule is C=CCOCC(COS(=O)N(C)C(=O)Oc1cccc(C)c1)OS(=O)N(C)C(=O)Oc1cccc(C)c1. The van der Waals surface area contributed by atoms with Gasteiger partial charge < -0.3 is 14.2 Å². The summed E-state index contributed by atoms with van der Waals surface area (Å²) >= 11 is -4.57. The van der Waals surface area contributed by atoms with Crippen molar-refractivity contribution in [3.05, 3.63) is 72.3 Å². The first-order valence-electron chi connectivity index (χ1n) is 11.0. The maximum atomic E-state index is 12.6. The van der Waals surface area contributed by atoms with E-state index in [4.69, 9.17) is 22.6 Å². The van der Waals surface area contributed by atoms with Crippen molar-refractivity contribution in [2.45, 2.75) is 20.0 Å². The highest BCUT2D eigenvalue weighted by Gasteiger charge is 2.25. The molecule has 0 heterocycles. The number of amides is 2. The van der Waals surface area contributed by atoms with Gasteiger partial charge in [0.2, 0.25) is 0 Å². The Morgan fingerprint density at radius 2 is 1.41 bits per heavy atom. The second kappa shape index (κ2) is 15.2. The van der Waals surface area contributed by atoms with Crippen molar-refractivity contribution in [3.8, 4) is 11.5 Å². The molecular weight excluding hydrogens is 524 g/mol. The van der Waals surface area contributed by atoms with Gasteiger partial charge in [0.25, 0.3) is 22.5 Å². The highest BCUT2D eigenvalue weighted by molar-refractivity contribution is 7.78. The van der Waals surface area contributed by atoms with E-state index in [1.165, 1.54) is 20.2 Å². The van der Waals surface area contributed by atoms with Crippen LogP contribution in [0.5, 0.6) is 11.5 Å². The Morgan fingerprint density at radius 1 is 0.892 bits per heavy atom. The van der Waals surface area contributed by atoms with Crippen LogP contribution in [-0.4, -0.2) is 69.2 Å². The van der Waals surface area contributed by atoms with Gasteiger partial charge in [-0.25, -0.2) is 26.6 Å². The van der Waals surface area contributed by atoms with Crippen LogP contribution in [0.15, 0.2) is 61.2 Å².